The number of hydrogen-bond acceptors (Lipinski definition) is 2. The first-order valence-corrected chi connectivity index (χ1v) is 9.13. The van der Waals surface area contributed by atoms with Crippen LogP contribution in [0.5, 0.6) is 0 Å². The topological polar surface area (TPSA) is 21.3 Å². The van der Waals surface area contributed by atoms with E-state index in [0.717, 1.165) is 19.0 Å². The predicted octanol–water partition coefficient (Wildman–Crippen LogP) is 4.67. The minimum atomic E-state index is 0.150. The van der Waals surface area contributed by atoms with Gasteiger partial charge in [0.15, 0.2) is 0 Å². The molecule has 0 saturated heterocycles. The number of nitrogens with one attached hydrogen (secondary N) is 1. The van der Waals surface area contributed by atoms with Gasteiger partial charge in [0, 0.05) is 6.54 Å². The summed E-state index contributed by atoms with van der Waals surface area (Å²) in [5.74, 6) is 0.915. The van der Waals surface area contributed by atoms with E-state index < -0.39 is 0 Å². The largest absolute Gasteiger partial charge is 0.370 e. The molecule has 0 heterocycles. The molecule has 0 bridgehead atoms. The van der Waals surface area contributed by atoms with Gasteiger partial charge in [-0.15, -0.1) is 0 Å². The fraction of sp³-hybridized carbons (Fsp3) is 1.00. The van der Waals surface area contributed by atoms with Gasteiger partial charge in [0.05, 0.1) is 11.7 Å². The van der Waals surface area contributed by atoms with E-state index in [1.54, 1.807) is 0 Å². The van der Waals surface area contributed by atoms with E-state index in [-0.39, 0.29) is 5.60 Å². The molecule has 0 radical (unpaired) electrons. The van der Waals surface area contributed by atoms with Crippen LogP contribution in [-0.2, 0) is 4.74 Å². The third-order valence-corrected chi connectivity index (χ3v) is 5.27. The van der Waals surface area contributed by atoms with Gasteiger partial charge in [-0.25, -0.2) is 0 Å². The Labute approximate surface area is 126 Å². The maximum Gasteiger partial charge on any atom is 0.0810 e. The van der Waals surface area contributed by atoms with Crippen LogP contribution < -0.4 is 5.32 Å². The minimum Gasteiger partial charge on any atom is -0.370 e. The van der Waals surface area contributed by atoms with E-state index in [1.165, 1.54) is 70.6 Å². The van der Waals surface area contributed by atoms with Gasteiger partial charge in [-0.2, -0.15) is 0 Å². The monoisotopic (exact) mass is 281 g/mol. The smallest absolute Gasteiger partial charge is 0.0810 e. The molecule has 20 heavy (non-hydrogen) atoms. The Kier molecular flexibility index (Phi) is 6.83. The summed E-state index contributed by atoms with van der Waals surface area (Å²) in [6.07, 6.45) is 15.1. The van der Waals surface area contributed by atoms with E-state index in [2.05, 4.69) is 19.2 Å². The maximum atomic E-state index is 6.73. The van der Waals surface area contributed by atoms with Gasteiger partial charge in [0.1, 0.15) is 0 Å². The van der Waals surface area contributed by atoms with Gasteiger partial charge >= 0.3 is 0 Å². The normalized spacial score (nSPS) is 30.9. The summed E-state index contributed by atoms with van der Waals surface area (Å²) < 4.78 is 6.73. The Bertz CT molecular complexity index is 250. The van der Waals surface area contributed by atoms with Gasteiger partial charge in [-0.3, -0.25) is 0 Å². The van der Waals surface area contributed by atoms with Crippen molar-refractivity contribution in [3.63, 3.8) is 0 Å². The van der Waals surface area contributed by atoms with Crippen LogP contribution >= 0.6 is 0 Å². The Balaban J connectivity index is 1.90. The molecule has 2 rings (SSSR count). The van der Waals surface area contributed by atoms with E-state index in [1.807, 2.05) is 0 Å². The third-order valence-electron chi connectivity index (χ3n) is 5.27. The highest BCUT2D eigenvalue weighted by Gasteiger charge is 2.35. The van der Waals surface area contributed by atoms with Crippen LogP contribution in [0, 0.1) is 5.92 Å². The number of hydrogen-bond donors (Lipinski definition) is 1. The Morgan fingerprint density at radius 3 is 2.25 bits per heavy atom. The van der Waals surface area contributed by atoms with Crippen molar-refractivity contribution in [2.24, 2.45) is 5.92 Å². The highest BCUT2D eigenvalue weighted by atomic mass is 16.5. The van der Waals surface area contributed by atoms with Crippen molar-refractivity contribution < 1.29 is 4.74 Å². The van der Waals surface area contributed by atoms with Crippen molar-refractivity contribution >= 4 is 0 Å². The molecule has 0 atom stereocenters. The van der Waals surface area contributed by atoms with Crippen LogP contribution in [0.2, 0.25) is 0 Å². The average molecular weight is 281 g/mol. The first-order valence-electron chi connectivity index (χ1n) is 9.13. The lowest BCUT2D eigenvalue weighted by Gasteiger charge is -2.39. The zero-order chi connectivity index (χ0) is 14.3. The fourth-order valence-electron chi connectivity index (χ4n) is 3.90. The van der Waals surface area contributed by atoms with Gasteiger partial charge in [0.2, 0.25) is 0 Å². The summed E-state index contributed by atoms with van der Waals surface area (Å²) in [5, 5.41) is 3.65. The second-order valence-corrected chi connectivity index (χ2v) is 7.27. The molecule has 0 amide bonds. The van der Waals surface area contributed by atoms with Crippen molar-refractivity contribution in [2.45, 2.75) is 96.2 Å². The van der Waals surface area contributed by atoms with Gasteiger partial charge in [0.25, 0.3) is 0 Å². The van der Waals surface area contributed by atoms with Crippen molar-refractivity contribution in [1.29, 1.82) is 0 Å². The molecule has 2 fully saturated rings. The molecule has 0 aromatic heterocycles. The van der Waals surface area contributed by atoms with Crippen molar-refractivity contribution in [1.82, 2.24) is 5.32 Å². The van der Waals surface area contributed by atoms with Crippen LogP contribution in [-0.4, -0.2) is 24.8 Å². The first kappa shape index (κ1) is 16.3. The quantitative estimate of drug-likeness (QED) is 0.564. The first-order chi connectivity index (χ1) is 9.74. The minimum absolute atomic E-state index is 0.150. The Morgan fingerprint density at radius 2 is 1.65 bits per heavy atom. The third kappa shape index (κ3) is 5.04. The van der Waals surface area contributed by atoms with Gasteiger partial charge < -0.3 is 10.1 Å². The van der Waals surface area contributed by atoms with Crippen LogP contribution in [0.4, 0.5) is 0 Å². The van der Waals surface area contributed by atoms with Crippen LogP contribution in [0.25, 0.3) is 0 Å². The van der Waals surface area contributed by atoms with Crippen molar-refractivity contribution in [3.8, 4) is 0 Å². The molecule has 0 aromatic carbocycles. The van der Waals surface area contributed by atoms with Gasteiger partial charge in [-0.1, -0.05) is 39.5 Å². The summed E-state index contributed by atoms with van der Waals surface area (Å²) in [6, 6.07) is 0. The molecule has 2 heteroatoms. The molecular weight excluding hydrogens is 246 g/mol. The highest BCUT2D eigenvalue weighted by molar-refractivity contribution is 4.88. The molecule has 2 aliphatic rings. The summed E-state index contributed by atoms with van der Waals surface area (Å²) >= 11 is 0. The molecule has 0 aromatic rings. The Morgan fingerprint density at radius 1 is 1.00 bits per heavy atom. The van der Waals surface area contributed by atoms with Gasteiger partial charge in [-0.05, 0) is 57.4 Å². The Hall–Kier alpha value is -0.0800. The molecule has 118 valence electrons. The summed E-state index contributed by atoms with van der Waals surface area (Å²) in [4.78, 5) is 0. The molecule has 1 N–H and O–H groups in total. The van der Waals surface area contributed by atoms with Crippen LogP contribution in [0.3, 0.4) is 0 Å². The summed E-state index contributed by atoms with van der Waals surface area (Å²) in [5.41, 5.74) is 0.150. The number of rotatable bonds is 6. The molecule has 0 aliphatic heterocycles. The van der Waals surface area contributed by atoms with E-state index in [0.29, 0.717) is 6.10 Å². The lowest BCUT2D eigenvalue weighted by atomic mass is 9.87. The molecule has 0 spiro atoms. The van der Waals surface area contributed by atoms with E-state index >= 15 is 0 Å². The number of ether oxygens (including phenoxy) is 1. The van der Waals surface area contributed by atoms with Crippen molar-refractivity contribution in [3.05, 3.63) is 0 Å². The lowest BCUT2D eigenvalue weighted by molar-refractivity contribution is -0.115. The van der Waals surface area contributed by atoms with Crippen LogP contribution in [0.15, 0.2) is 0 Å². The van der Waals surface area contributed by atoms with E-state index in [9.17, 15) is 0 Å². The molecule has 0 unspecified atom stereocenters. The second-order valence-electron chi connectivity index (χ2n) is 7.27. The van der Waals surface area contributed by atoms with Crippen LogP contribution in [0.1, 0.15) is 84.5 Å². The SMILES string of the molecule is CCCNCC1(OC2CCC(C)CC2)CCCCCC1. The average Bonchev–Trinajstić information content (AvgIpc) is 2.68. The predicted molar refractivity (Wildman–Crippen MR) is 86.1 cm³/mol. The van der Waals surface area contributed by atoms with Crippen molar-refractivity contribution in [2.75, 3.05) is 13.1 Å². The second kappa shape index (κ2) is 8.38. The zero-order valence-electron chi connectivity index (χ0n) is 13.8. The summed E-state index contributed by atoms with van der Waals surface area (Å²) in [6.45, 7) is 6.84. The van der Waals surface area contributed by atoms with E-state index in [4.69, 9.17) is 4.74 Å². The highest BCUT2D eigenvalue weighted by Crippen LogP contribution is 2.35. The maximum absolute atomic E-state index is 6.73. The molecule has 2 saturated carbocycles. The molecule has 2 aliphatic carbocycles. The zero-order valence-corrected chi connectivity index (χ0v) is 13.8. The standard InChI is InChI=1S/C18H35NO/c1-3-14-19-15-18(12-6-4-5-7-13-18)20-17-10-8-16(2)9-11-17/h16-17,19H,3-15H2,1-2H3. The fourth-order valence-corrected chi connectivity index (χ4v) is 3.90. The molecular formula is C18H35NO. The lowest BCUT2D eigenvalue weighted by Crippen LogP contribution is -2.46. The summed E-state index contributed by atoms with van der Waals surface area (Å²) in [7, 11) is 0. The molecule has 2 nitrogen and oxygen atoms in total.